The minimum absolute atomic E-state index is 0. The standard InChI is InChI=1S/C17H34N4O.HI/c1-13-7-6-8-20(9-13)16(18)19-12-17(4,5)21-10-14(2)22-15(3)11-21;/h13-15H,6-12H2,1-5H3,(H2,18,19);1H. The third-order valence-corrected chi connectivity index (χ3v) is 4.88. The highest BCUT2D eigenvalue weighted by atomic mass is 127. The Morgan fingerprint density at radius 1 is 1.17 bits per heavy atom. The van der Waals surface area contributed by atoms with Gasteiger partial charge in [0.15, 0.2) is 5.96 Å². The molecule has 0 aromatic carbocycles. The van der Waals surface area contributed by atoms with Crippen molar-refractivity contribution in [3.8, 4) is 0 Å². The maximum atomic E-state index is 6.23. The van der Waals surface area contributed by atoms with Crippen molar-refractivity contribution >= 4 is 29.9 Å². The molecule has 0 aliphatic carbocycles. The van der Waals surface area contributed by atoms with Gasteiger partial charge in [-0.25, -0.2) is 0 Å². The fourth-order valence-corrected chi connectivity index (χ4v) is 3.54. The van der Waals surface area contributed by atoms with Crippen LogP contribution >= 0.6 is 24.0 Å². The summed E-state index contributed by atoms with van der Waals surface area (Å²) in [7, 11) is 0. The molecule has 3 unspecified atom stereocenters. The van der Waals surface area contributed by atoms with Gasteiger partial charge in [0.25, 0.3) is 0 Å². The molecule has 0 saturated carbocycles. The Kier molecular flexibility index (Phi) is 8.07. The Morgan fingerprint density at radius 2 is 1.78 bits per heavy atom. The summed E-state index contributed by atoms with van der Waals surface area (Å²) in [4.78, 5) is 9.45. The lowest BCUT2D eigenvalue weighted by Crippen LogP contribution is -2.56. The quantitative estimate of drug-likeness (QED) is 0.418. The molecular weight excluding hydrogens is 403 g/mol. The summed E-state index contributed by atoms with van der Waals surface area (Å²) in [6.07, 6.45) is 3.09. The first kappa shape index (κ1) is 21.0. The molecule has 2 saturated heterocycles. The number of nitrogens with zero attached hydrogens (tertiary/aromatic N) is 3. The Hall–Kier alpha value is -0.0800. The van der Waals surface area contributed by atoms with Crippen molar-refractivity contribution in [1.29, 1.82) is 0 Å². The fourth-order valence-electron chi connectivity index (χ4n) is 3.54. The molecule has 2 rings (SSSR count). The second kappa shape index (κ2) is 8.85. The van der Waals surface area contributed by atoms with Gasteiger partial charge >= 0.3 is 0 Å². The van der Waals surface area contributed by atoms with E-state index in [2.05, 4.69) is 44.4 Å². The normalized spacial score (nSPS) is 30.9. The van der Waals surface area contributed by atoms with E-state index < -0.39 is 0 Å². The van der Waals surface area contributed by atoms with Crippen LogP contribution in [0.15, 0.2) is 4.99 Å². The monoisotopic (exact) mass is 438 g/mol. The first-order valence-corrected chi connectivity index (χ1v) is 8.73. The lowest BCUT2D eigenvalue weighted by molar-refractivity contribution is -0.0939. The summed E-state index contributed by atoms with van der Waals surface area (Å²) in [6.45, 7) is 15.9. The third-order valence-electron chi connectivity index (χ3n) is 4.88. The average molecular weight is 438 g/mol. The van der Waals surface area contributed by atoms with Crippen molar-refractivity contribution < 1.29 is 4.74 Å². The topological polar surface area (TPSA) is 54.1 Å². The number of ether oxygens (including phenoxy) is 1. The molecular formula is C17H35IN4O. The second-order valence-electron chi connectivity index (χ2n) is 7.84. The molecule has 2 fully saturated rings. The van der Waals surface area contributed by atoms with E-state index in [9.17, 15) is 0 Å². The molecule has 2 N–H and O–H groups in total. The molecule has 0 bridgehead atoms. The number of piperidine rings is 1. The molecule has 0 spiro atoms. The molecule has 0 radical (unpaired) electrons. The van der Waals surface area contributed by atoms with Crippen LogP contribution in [0.2, 0.25) is 0 Å². The largest absolute Gasteiger partial charge is 0.373 e. The highest BCUT2D eigenvalue weighted by molar-refractivity contribution is 14.0. The second-order valence-corrected chi connectivity index (χ2v) is 7.84. The highest BCUT2D eigenvalue weighted by Gasteiger charge is 2.33. The van der Waals surface area contributed by atoms with E-state index in [1.165, 1.54) is 12.8 Å². The van der Waals surface area contributed by atoms with Crippen molar-refractivity contribution in [3.63, 3.8) is 0 Å². The van der Waals surface area contributed by atoms with Gasteiger partial charge in [0.05, 0.1) is 18.8 Å². The lowest BCUT2D eigenvalue weighted by atomic mass is 10.00. The zero-order valence-electron chi connectivity index (χ0n) is 15.4. The molecule has 3 atom stereocenters. The van der Waals surface area contributed by atoms with Gasteiger partial charge in [-0.3, -0.25) is 9.89 Å². The molecule has 5 nitrogen and oxygen atoms in total. The Balaban J connectivity index is 0.00000264. The smallest absolute Gasteiger partial charge is 0.191 e. The van der Waals surface area contributed by atoms with Gasteiger partial charge in [-0.1, -0.05) is 6.92 Å². The van der Waals surface area contributed by atoms with Gasteiger partial charge in [-0.15, -0.1) is 24.0 Å². The van der Waals surface area contributed by atoms with Gasteiger partial charge in [0.2, 0.25) is 0 Å². The SMILES string of the molecule is CC1CCCN(C(N)=NCC(C)(C)N2CC(C)OC(C)C2)C1.I. The number of guanidine groups is 1. The zero-order chi connectivity index (χ0) is 16.3. The summed E-state index contributed by atoms with van der Waals surface area (Å²) < 4.78 is 5.83. The van der Waals surface area contributed by atoms with E-state index in [1.807, 2.05) is 0 Å². The van der Waals surface area contributed by atoms with Crippen LogP contribution in [0.3, 0.4) is 0 Å². The maximum Gasteiger partial charge on any atom is 0.191 e. The van der Waals surface area contributed by atoms with Crippen LogP contribution in [0.4, 0.5) is 0 Å². The third kappa shape index (κ3) is 6.05. The van der Waals surface area contributed by atoms with Crippen molar-refractivity contribution in [2.75, 3.05) is 32.7 Å². The minimum atomic E-state index is 0. The molecule has 2 aliphatic heterocycles. The first-order valence-electron chi connectivity index (χ1n) is 8.73. The maximum absolute atomic E-state index is 6.23. The van der Waals surface area contributed by atoms with Crippen LogP contribution < -0.4 is 5.73 Å². The summed E-state index contributed by atoms with van der Waals surface area (Å²) >= 11 is 0. The molecule has 2 aliphatic rings. The molecule has 0 aromatic rings. The molecule has 2 heterocycles. The highest BCUT2D eigenvalue weighted by Crippen LogP contribution is 2.22. The summed E-state index contributed by atoms with van der Waals surface area (Å²) in [6, 6.07) is 0. The Bertz CT molecular complexity index is 392. The summed E-state index contributed by atoms with van der Waals surface area (Å²) in [5.74, 6) is 1.44. The number of likely N-dealkylation sites (tertiary alicyclic amines) is 1. The Labute approximate surface area is 159 Å². The van der Waals surface area contributed by atoms with Crippen LogP contribution in [-0.2, 0) is 4.74 Å². The predicted octanol–water partition coefficient (Wildman–Crippen LogP) is 2.54. The number of nitrogens with two attached hydrogens (primary N) is 1. The van der Waals surface area contributed by atoms with E-state index in [0.717, 1.165) is 38.6 Å². The van der Waals surface area contributed by atoms with Gasteiger partial charge in [-0.2, -0.15) is 0 Å². The number of morpholine rings is 1. The van der Waals surface area contributed by atoms with Crippen LogP contribution in [0.25, 0.3) is 0 Å². The van der Waals surface area contributed by atoms with Crippen LogP contribution in [-0.4, -0.2) is 66.2 Å². The van der Waals surface area contributed by atoms with E-state index in [1.54, 1.807) is 0 Å². The number of rotatable bonds is 3. The number of hydrogen-bond acceptors (Lipinski definition) is 3. The number of hydrogen-bond donors (Lipinski definition) is 1. The molecule has 0 aromatic heterocycles. The van der Waals surface area contributed by atoms with E-state index in [0.29, 0.717) is 5.96 Å². The first-order chi connectivity index (χ1) is 10.3. The van der Waals surface area contributed by atoms with Gasteiger partial charge in [0, 0.05) is 31.7 Å². The van der Waals surface area contributed by atoms with Gasteiger partial charge in [-0.05, 0) is 46.5 Å². The van der Waals surface area contributed by atoms with Gasteiger partial charge in [0.1, 0.15) is 0 Å². The van der Waals surface area contributed by atoms with Crippen molar-refractivity contribution in [2.24, 2.45) is 16.6 Å². The predicted molar refractivity (Wildman–Crippen MR) is 108 cm³/mol. The molecule has 0 amide bonds. The van der Waals surface area contributed by atoms with Crippen LogP contribution in [0.1, 0.15) is 47.5 Å². The summed E-state index contributed by atoms with van der Waals surface area (Å²) in [5, 5.41) is 0. The number of aliphatic imine (C=N–C) groups is 1. The minimum Gasteiger partial charge on any atom is -0.373 e. The lowest BCUT2D eigenvalue weighted by Gasteiger charge is -2.44. The number of halogens is 1. The van der Waals surface area contributed by atoms with Crippen LogP contribution in [0, 0.1) is 5.92 Å². The van der Waals surface area contributed by atoms with E-state index in [4.69, 9.17) is 15.5 Å². The molecule has 23 heavy (non-hydrogen) atoms. The van der Waals surface area contributed by atoms with E-state index >= 15 is 0 Å². The van der Waals surface area contributed by atoms with Crippen molar-refractivity contribution in [1.82, 2.24) is 9.80 Å². The van der Waals surface area contributed by atoms with Crippen LogP contribution in [0.5, 0.6) is 0 Å². The van der Waals surface area contributed by atoms with Gasteiger partial charge < -0.3 is 15.4 Å². The molecule has 136 valence electrons. The molecule has 6 heteroatoms. The Morgan fingerprint density at radius 3 is 2.35 bits per heavy atom. The van der Waals surface area contributed by atoms with Crippen molar-refractivity contribution in [2.45, 2.75) is 65.2 Å². The average Bonchev–Trinajstić information content (AvgIpc) is 2.44. The fraction of sp³-hybridized carbons (Fsp3) is 0.941. The zero-order valence-corrected chi connectivity index (χ0v) is 17.7. The van der Waals surface area contributed by atoms with Crippen molar-refractivity contribution in [3.05, 3.63) is 0 Å². The summed E-state index contributed by atoms with van der Waals surface area (Å²) in [5.41, 5.74) is 6.25. The van der Waals surface area contributed by atoms with E-state index in [-0.39, 0.29) is 41.7 Å².